The van der Waals surface area contributed by atoms with Gasteiger partial charge in [0.15, 0.2) is 4.60 Å². The summed E-state index contributed by atoms with van der Waals surface area (Å²) < 4.78 is 16.5. The molecule has 7 heteroatoms. The summed E-state index contributed by atoms with van der Waals surface area (Å²) in [6.45, 7) is 2.75. The molecule has 1 heterocycles. The zero-order valence-electron chi connectivity index (χ0n) is 10.5. The summed E-state index contributed by atoms with van der Waals surface area (Å²) in [7, 11) is 1.81. The lowest BCUT2D eigenvalue weighted by atomic mass is 10.0. The van der Waals surface area contributed by atoms with Crippen LogP contribution in [0.25, 0.3) is 0 Å². The third kappa shape index (κ3) is 3.04. The van der Waals surface area contributed by atoms with Crippen LogP contribution in [0, 0.1) is 5.82 Å². The second-order valence-corrected chi connectivity index (χ2v) is 5.66. The maximum absolute atomic E-state index is 13.7. The number of benzene rings is 1. The van der Waals surface area contributed by atoms with Gasteiger partial charge in [0.2, 0.25) is 0 Å². The third-order valence-electron chi connectivity index (χ3n) is 2.79. The molecule has 0 bridgehead atoms. The molecule has 2 rings (SSSR count). The fraction of sp³-hybridized carbons (Fsp3) is 0.333. The SMILES string of the molecule is CCNC(c1ccc(Br)c(F)c1)c1c(Br)nnn1C. The van der Waals surface area contributed by atoms with E-state index in [-0.39, 0.29) is 11.9 Å². The fourth-order valence-electron chi connectivity index (χ4n) is 1.91. The minimum atomic E-state index is -0.286. The predicted molar refractivity (Wildman–Crippen MR) is 78.3 cm³/mol. The molecule has 0 fully saturated rings. The summed E-state index contributed by atoms with van der Waals surface area (Å²) in [5.41, 5.74) is 1.69. The van der Waals surface area contributed by atoms with Crippen molar-refractivity contribution in [3.05, 3.63) is 44.3 Å². The van der Waals surface area contributed by atoms with Gasteiger partial charge in [-0.15, -0.1) is 5.10 Å². The number of rotatable bonds is 4. The monoisotopic (exact) mass is 390 g/mol. The maximum Gasteiger partial charge on any atom is 0.153 e. The molecule has 2 aromatic rings. The van der Waals surface area contributed by atoms with Gasteiger partial charge >= 0.3 is 0 Å². The fourth-order valence-corrected chi connectivity index (χ4v) is 2.72. The molecule has 0 saturated heterocycles. The summed E-state index contributed by atoms with van der Waals surface area (Å²) in [6, 6.07) is 4.92. The van der Waals surface area contributed by atoms with Gasteiger partial charge in [-0.3, -0.25) is 0 Å². The molecule has 0 spiro atoms. The van der Waals surface area contributed by atoms with Crippen LogP contribution in [0.15, 0.2) is 27.3 Å². The smallest absolute Gasteiger partial charge is 0.153 e. The molecule has 0 aliphatic rings. The van der Waals surface area contributed by atoms with Crippen LogP contribution in [0.2, 0.25) is 0 Å². The van der Waals surface area contributed by atoms with Crippen molar-refractivity contribution in [3.8, 4) is 0 Å². The van der Waals surface area contributed by atoms with Crippen molar-refractivity contribution >= 4 is 31.9 Å². The molecule has 1 aromatic heterocycles. The number of hydrogen-bond acceptors (Lipinski definition) is 3. The van der Waals surface area contributed by atoms with Gasteiger partial charge in [0.1, 0.15) is 5.82 Å². The first-order valence-electron chi connectivity index (χ1n) is 5.78. The summed E-state index contributed by atoms with van der Waals surface area (Å²) in [6.07, 6.45) is 0. The van der Waals surface area contributed by atoms with E-state index in [4.69, 9.17) is 0 Å². The number of aromatic nitrogens is 3. The molecule has 0 saturated carbocycles. The van der Waals surface area contributed by atoms with Gasteiger partial charge in [-0.2, -0.15) is 0 Å². The van der Waals surface area contributed by atoms with E-state index in [1.807, 2.05) is 20.0 Å². The zero-order chi connectivity index (χ0) is 14.0. The van der Waals surface area contributed by atoms with Gasteiger partial charge in [0.05, 0.1) is 16.2 Å². The summed E-state index contributed by atoms with van der Waals surface area (Å²) >= 11 is 6.54. The molecular weight excluding hydrogens is 379 g/mol. The Morgan fingerprint density at radius 2 is 2.16 bits per heavy atom. The molecule has 19 heavy (non-hydrogen) atoms. The van der Waals surface area contributed by atoms with E-state index in [1.54, 1.807) is 10.7 Å². The third-order valence-corrected chi connectivity index (χ3v) is 3.99. The largest absolute Gasteiger partial charge is 0.305 e. The van der Waals surface area contributed by atoms with Crippen molar-refractivity contribution < 1.29 is 4.39 Å². The van der Waals surface area contributed by atoms with Crippen LogP contribution in [0.5, 0.6) is 0 Å². The first kappa shape index (κ1) is 14.6. The number of aryl methyl sites for hydroxylation is 1. The van der Waals surface area contributed by atoms with Crippen molar-refractivity contribution in [1.29, 1.82) is 0 Å². The molecule has 1 N–H and O–H groups in total. The molecule has 0 aliphatic heterocycles. The highest BCUT2D eigenvalue weighted by atomic mass is 79.9. The average Bonchev–Trinajstić information content (AvgIpc) is 2.70. The van der Waals surface area contributed by atoms with E-state index in [1.165, 1.54) is 6.07 Å². The van der Waals surface area contributed by atoms with Crippen LogP contribution < -0.4 is 5.32 Å². The van der Waals surface area contributed by atoms with Crippen molar-refractivity contribution in [3.63, 3.8) is 0 Å². The topological polar surface area (TPSA) is 42.7 Å². The van der Waals surface area contributed by atoms with Crippen LogP contribution in [0.3, 0.4) is 0 Å². The van der Waals surface area contributed by atoms with Crippen molar-refractivity contribution in [2.75, 3.05) is 6.54 Å². The van der Waals surface area contributed by atoms with E-state index in [0.717, 1.165) is 17.8 Å². The lowest BCUT2D eigenvalue weighted by Crippen LogP contribution is -2.24. The first-order chi connectivity index (χ1) is 9.04. The Kier molecular flexibility index (Phi) is 4.70. The quantitative estimate of drug-likeness (QED) is 0.870. The van der Waals surface area contributed by atoms with E-state index in [9.17, 15) is 4.39 Å². The van der Waals surface area contributed by atoms with Crippen LogP contribution in [0.4, 0.5) is 4.39 Å². The highest BCUT2D eigenvalue weighted by Gasteiger charge is 2.21. The number of halogens is 3. The molecule has 1 aromatic carbocycles. The standard InChI is InChI=1S/C12H13Br2FN4/c1-3-16-10(11-12(14)17-18-19(11)2)7-4-5-8(13)9(15)6-7/h4-6,10,16H,3H2,1-2H3. The number of hydrogen-bond donors (Lipinski definition) is 1. The summed E-state index contributed by atoms with van der Waals surface area (Å²) in [5.74, 6) is -0.286. The van der Waals surface area contributed by atoms with E-state index in [2.05, 4.69) is 47.5 Å². The molecular formula is C12H13Br2FN4. The molecule has 1 atom stereocenters. The lowest BCUT2D eigenvalue weighted by Gasteiger charge is -2.19. The van der Waals surface area contributed by atoms with Crippen molar-refractivity contribution in [2.45, 2.75) is 13.0 Å². The first-order valence-corrected chi connectivity index (χ1v) is 7.36. The minimum Gasteiger partial charge on any atom is -0.305 e. The van der Waals surface area contributed by atoms with E-state index in [0.29, 0.717) is 9.08 Å². The molecule has 0 amide bonds. The normalized spacial score (nSPS) is 12.7. The van der Waals surface area contributed by atoms with Crippen molar-refractivity contribution in [1.82, 2.24) is 20.3 Å². The second kappa shape index (κ2) is 6.11. The Bertz CT molecular complexity index is 566. The molecule has 102 valence electrons. The van der Waals surface area contributed by atoms with Crippen LogP contribution >= 0.6 is 31.9 Å². The minimum absolute atomic E-state index is 0.165. The van der Waals surface area contributed by atoms with Crippen LogP contribution in [0.1, 0.15) is 24.2 Å². The Hall–Kier alpha value is -0.790. The zero-order valence-corrected chi connectivity index (χ0v) is 13.7. The predicted octanol–water partition coefficient (Wildman–Crippen LogP) is 3.18. The van der Waals surface area contributed by atoms with Gasteiger partial charge in [-0.1, -0.05) is 18.2 Å². The summed E-state index contributed by atoms with van der Waals surface area (Å²) in [4.78, 5) is 0. The molecule has 4 nitrogen and oxygen atoms in total. The number of nitrogens with one attached hydrogen (secondary N) is 1. The highest BCUT2D eigenvalue weighted by Crippen LogP contribution is 2.28. The Morgan fingerprint density at radius 1 is 1.42 bits per heavy atom. The summed E-state index contributed by atoms with van der Waals surface area (Å²) in [5, 5.41) is 11.2. The lowest BCUT2D eigenvalue weighted by molar-refractivity contribution is 0.559. The van der Waals surface area contributed by atoms with Gasteiger partial charge in [-0.25, -0.2) is 9.07 Å². The number of nitrogens with zero attached hydrogens (tertiary/aromatic N) is 3. The second-order valence-electron chi connectivity index (χ2n) is 4.05. The molecule has 0 radical (unpaired) electrons. The Balaban J connectivity index is 2.48. The van der Waals surface area contributed by atoms with Crippen LogP contribution in [-0.4, -0.2) is 21.5 Å². The van der Waals surface area contributed by atoms with Gasteiger partial charge < -0.3 is 5.32 Å². The van der Waals surface area contributed by atoms with Crippen LogP contribution in [-0.2, 0) is 7.05 Å². The highest BCUT2D eigenvalue weighted by molar-refractivity contribution is 9.10. The molecule has 0 aliphatic carbocycles. The maximum atomic E-state index is 13.7. The average molecular weight is 392 g/mol. The van der Waals surface area contributed by atoms with E-state index >= 15 is 0 Å². The molecule has 1 unspecified atom stereocenters. The van der Waals surface area contributed by atoms with E-state index < -0.39 is 0 Å². The van der Waals surface area contributed by atoms with Gasteiger partial charge in [0, 0.05) is 7.05 Å². The Morgan fingerprint density at radius 3 is 2.68 bits per heavy atom. The van der Waals surface area contributed by atoms with Gasteiger partial charge in [0.25, 0.3) is 0 Å². The van der Waals surface area contributed by atoms with Crippen molar-refractivity contribution in [2.24, 2.45) is 7.05 Å². The Labute approximate surface area is 127 Å². The van der Waals surface area contributed by atoms with Gasteiger partial charge in [-0.05, 0) is 56.1 Å².